The first kappa shape index (κ1) is 35.6. The van der Waals surface area contributed by atoms with Crippen LogP contribution in [0.5, 0.6) is 0 Å². The molecule has 0 unspecified atom stereocenters. The zero-order chi connectivity index (χ0) is 41.0. The molecule has 0 spiro atoms. The van der Waals surface area contributed by atoms with Gasteiger partial charge in [-0.15, -0.1) is 0 Å². The predicted molar refractivity (Wildman–Crippen MR) is 258 cm³/mol. The molecule has 0 radical (unpaired) electrons. The van der Waals surface area contributed by atoms with Crippen molar-refractivity contribution in [2.24, 2.45) is 0 Å². The van der Waals surface area contributed by atoms with Gasteiger partial charge in [0.25, 0.3) is 0 Å². The quantitative estimate of drug-likeness (QED) is 0.161. The third-order valence-corrected chi connectivity index (χ3v) is 12.2. The lowest BCUT2D eigenvalue weighted by Gasteiger charge is -2.12. The van der Waals surface area contributed by atoms with Crippen molar-refractivity contribution in [1.82, 2.24) is 19.1 Å². The fourth-order valence-electron chi connectivity index (χ4n) is 9.20. The van der Waals surface area contributed by atoms with Gasteiger partial charge in [-0.3, -0.25) is 4.57 Å². The second kappa shape index (κ2) is 14.7. The van der Waals surface area contributed by atoms with Crippen LogP contribution in [0.3, 0.4) is 0 Å². The van der Waals surface area contributed by atoms with E-state index in [4.69, 9.17) is 9.97 Å². The number of hydrogen-bond acceptors (Lipinski definition) is 2. The first-order valence-electron chi connectivity index (χ1n) is 21.0. The van der Waals surface area contributed by atoms with Crippen molar-refractivity contribution in [3.63, 3.8) is 0 Å². The molecule has 0 fully saturated rings. The Labute approximate surface area is 359 Å². The summed E-state index contributed by atoms with van der Waals surface area (Å²) in [5, 5.41) is 4.82. The van der Waals surface area contributed by atoms with Crippen LogP contribution in [0.4, 0.5) is 0 Å². The molecule has 12 rings (SSSR count). The summed E-state index contributed by atoms with van der Waals surface area (Å²) in [5.41, 5.74) is 17.0. The number of aromatic nitrogens is 4. The summed E-state index contributed by atoms with van der Waals surface area (Å²) in [6, 6.07) is 78.2. The molecule has 3 aromatic heterocycles. The Morgan fingerprint density at radius 1 is 0.242 bits per heavy atom. The molecule has 12 aromatic rings. The van der Waals surface area contributed by atoms with Crippen molar-refractivity contribution in [2.75, 3.05) is 0 Å². The van der Waals surface area contributed by atoms with Crippen molar-refractivity contribution in [3.8, 4) is 67.3 Å². The summed E-state index contributed by atoms with van der Waals surface area (Å²) < 4.78 is 4.57. The Bertz CT molecular complexity index is 3590. The molecule has 0 amide bonds. The summed E-state index contributed by atoms with van der Waals surface area (Å²) in [7, 11) is 0. The maximum atomic E-state index is 5.07. The van der Waals surface area contributed by atoms with Crippen LogP contribution in [-0.4, -0.2) is 19.1 Å². The van der Waals surface area contributed by atoms with E-state index in [9.17, 15) is 0 Å². The van der Waals surface area contributed by atoms with Gasteiger partial charge >= 0.3 is 0 Å². The smallest absolute Gasteiger partial charge is 0.234 e. The Kier molecular flexibility index (Phi) is 8.46. The Hall–Kier alpha value is -8.34. The number of fused-ring (bicyclic) bond motifs is 6. The van der Waals surface area contributed by atoms with Gasteiger partial charge in [0.1, 0.15) is 0 Å². The first-order chi connectivity index (χ1) is 30.7. The molecular formula is C58H38N4. The van der Waals surface area contributed by atoms with Gasteiger partial charge in [-0.25, -0.2) is 9.97 Å². The van der Waals surface area contributed by atoms with Crippen molar-refractivity contribution in [3.05, 3.63) is 231 Å². The Morgan fingerprint density at radius 2 is 0.661 bits per heavy atom. The summed E-state index contributed by atoms with van der Waals surface area (Å²) in [5.74, 6) is 0.637. The van der Waals surface area contributed by atoms with Crippen LogP contribution in [-0.2, 0) is 0 Å². The summed E-state index contributed by atoms with van der Waals surface area (Å²) in [6.45, 7) is 0. The van der Waals surface area contributed by atoms with E-state index in [0.29, 0.717) is 5.95 Å². The number of para-hydroxylation sites is 3. The second-order valence-electron chi connectivity index (χ2n) is 15.9. The normalized spacial score (nSPS) is 11.5. The van der Waals surface area contributed by atoms with E-state index in [2.05, 4.69) is 228 Å². The lowest BCUT2D eigenvalue weighted by Crippen LogP contribution is -2.00. The molecule has 0 aliphatic heterocycles. The fourth-order valence-corrected chi connectivity index (χ4v) is 9.20. The Balaban J connectivity index is 0.936. The minimum atomic E-state index is 0.637. The third kappa shape index (κ3) is 6.08. The minimum absolute atomic E-state index is 0.637. The number of benzene rings is 9. The van der Waals surface area contributed by atoms with E-state index in [0.717, 1.165) is 66.4 Å². The Morgan fingerprint density at radius 3 is 1.31 bits per heavy atom. The molecule has 4 heteroatoms. The van der Waals surface area contributed by atoms with Gasteiger partial charge in [0.05, 0.1) is 22.1 Å². The van der Waals surface area contributed by atoms with Crippen LogP contribution in [0.25, 0.3) is 111 Å². The molecule has 0 bridgehead atoms. The second-order valence-corrected chi connectivity index (χ2v) is 15.9. The lowest BCUT2D eigenvalue weighted by atomic mass is 9.93. The molecule has 0 N–H and O–H groups in total. The van der Waals surface area contributed by atoms with Gasteiger partial charge in [-0.2, -0.15) is 0 Å². The largest absolute Gasteiger partial charge is 0.309 e. The summed E-state index contributed by atoms with van der Waals surface area (Å²) in [6.07, 6.45) is 3.93. The number of hydrogen-bond donors (Lipinski definition) is 0. The van der Waals surface area contributed by atoms with Crippen LogP contribution < -0.4 is 0 Å². The molecule has 0 aliphatic rings. The van der Waals surface area contributed by atoms with Crippen LogP contribution in [0.2, 0.25) is 0 Å². The molecular weight excluding hydrogens is 753 g/mol. The topological polar surface area (TPSA) is 35.6 Å². The zero-order valence-corrected chi connectivity index (χ0v) is 33.7. The molecule has 0 aliphatic carbocycles. The average molecular weight is 791 g/mol. The third-order valence-electron chi connectivity index (χ3n) is 12.2. The van der Waals surface area contributed by atoms with Gasteiger partial charge in [-0.1, -0.05) is 158 Å². The van der Waals surface area contributed by atoms with Gasteiger partial charge in [0.2, 0.25) is 5.95 Å². The van der Waals surface area contributed by atoms with Crippen LogP contribution in [0.15, 0.2) is 231 Å². The summed E-state index contributed by atoms with van der Waals surface area (Å²) >= 11 is 0. The first-order valence-corrected chi connectivity index (χ1v) is 21.0. The van der Waals surface area contributed by atoms with Crippen molar-refractivity contribution in [2.45, 2.75) is 0 Å². The predicted octanol–water partition coefficient (Wildman–Crippen LogP) is 15.0. The van der Waals surface area contributed by atoms with Crippen LogP contribution in [0, 0.1) is 0 Å². The SMILES string of the molecule is c1ccc(-c2ccc(-c3cc(-c4ccccc4)cc(-c4cnc(-n5c6ccccc6c6cc(-c7ccc8c9ccccc9n(-c9ccccc9)c8c7)ccc65)nc4)c3)cc2)cc1. The van der Waals surface area contributed by atoms with Crippen molar-refractivity contribution < 1.29 is 0 Å². The highest BCUT2D eigenvalue weighted by Crippen LogP contribution is 2.39. The molecule has 4 nitrogen and oxygen atoms in total. The molecule has 0 saturated heterocycles. The highest BCUT2D eigenvalue weighted by molar-refractivity contribution is 6.12. The van der Waals surface area contributed by atoms with E-state index in [1.165, 1.54) is 38.5 Å². The fraction of sp³-hybridized carbons (Fsp3) is 0. The van der Waals surface area contributed by atoms with Crippen molar-refractivity contribution >= 4 is 43.6 Å². The molecule has 9 aromatic carbocycles. The highest BCUT2D eigenvalue weighted by atomic mass is 15.1. The van der Waals surface area contributed by atoms with Crippen LogP contribution in [0.1, 0.15) is 0 Å². The maximum Gasteiger partial charge on any atom is 0.234 e. The highest BCUT2D eigenvalue weighted by Gasteiger charge is 2.18. The van der Waals surface area contributed by atoms with E-state index in [-0.39, 0.29) is 0 Å². The van der Waals surface area contributed by atoms with E-state index < -0.39 is 0 Å². The van der Waals surface area contributed by atoms with Gasteiger partial charge in [-0.05, 0) is 111 Å². The average Bonchev–Trinajstić information content (AvgIpc) is 3.87. The lowest BCUT2D eigenvalue weighted by molar-refractivity contribution is 0.990. The molecule has 0 atom stereocenters. The van der Waals surface area contributed by atoms with Crippen LogP contribution >= 0.6 is 0 Å². The van der Waals surface area contributed by atoms with Gasteiger partial charge < -0.3 is 4.57 Å². The molecule has 290 valence electrons. The van der Waals surface area contributed by atoms with Crippen molar-refractivity contribution in [1.29, 1.82) is 0 Å². The number of rotatable bonds is 7. The minimum Gasteiger partial charge on any atom is -0.309 e. The summed E-state index contributed by atoms with van der Waals surface area (Å²) in [4.78, 5) is 10.1. The monoisotopic (exact) mass is 790 g/mol. The maximum absolute atomic E-state index is 5.07. The zero-order valence-electron chi connectivity index (χ0n) is 33.7. The van der Waals surface area contributed by atoms with E-state index >= 15 is 0 Å². The van der Waals surface area contributed by atoms with E-state index in [1.807, 2.05) is 12.4 Å². The number of nitrogens with zero attached hydrogens (tertiary/aromatic N) is 4. The molecule has 62 heavy (non-hydrogen) atoms. The van der Waals surface area contributed by atoms with Gasteiger partial charge in [0.15, 0.2) is 0 Å². The van der Waals surface area contributed by atoms with E-state index in [1.54, 1.807) is 0 Å². The molecule has 3 heterocycles. The van der Waals surface area contributed by atoms with Gasteiger partial charge in [0, 0.05) is 45.2 Å². The molecule has 0 saturated carbocycles. The standard InChI is InChI=1S/C58H38N4/c1-4-14-39(15-5-1)41-24-26-42(27-25-41)46-32-45(40-16-6-2-7-17-40)33-47(34-46)48-37-59-58(60-38-48)62-55-23-13-11-21-51(55)53-35-43(29-31-56(53)62)44-28-30-52-50-20-10-12-22-54(50)61(57(52)36-44)49-18-8-3-9-19-49/h1-38H.